The summed E-state index contributed by atoms with van der Waals surface area (Å²) in [6, 6.07) is 13.6. The number of rotatable bonds is 5. The second kappa shape index (κ2) is 8.31. The third-order valence-electron chi connectivity index (χ3n) is 4.88. The van der Waals surface area contributed by atoms with Crippen molar-refractivity contribution in [3.05, 3.63) is 59.9 Å². The van der Waals surface area contributed by atoms with Crippen molar-refractivity contribution in [2.75, 3.05) is 31.6 Å². The van der Waals surface area contributed by atoms with Gasteiger partial charge in [0.1, 0.15) is 6.54 Å². The number of pyridine rings is 1. The van der Waals surface area contributed by atoms with E-state index in [0.717, 1.165) is 16.9 Å². The number of carbonyl (C=O) groups excluding carboxylic acids is 2. The second-order valence-electron chi connectivity index (χ2n) is 7.15. The summed E-state index contributed by atoms with van der Waals surface area (Å²) in [6.45, 7) is 5.48. The molecule has 0 radical (unpaired) electrons. The molecule has 0 bridgehead atoms. The summed E-state index contributed by atoms with van der Waals surface area (Å²) in [7, 11) is 1.89. The molecule has 1 aliphatic heterocycles. The number of aromatic nitrogens is 1. The SMILES string of the molecule is Cc1ccccc1N1C[C@H](C)N(C(=O)CN(C)Cc2ccccn2)CC1=O. The van der Waals surface area contributed by atoms with Crippen LogP contribution in [0.1, 0.15) is 18.2 Å². The van der Waals surface area contributed by atoms with Crippen molar-refractivity contribution in [3.63, 3.8) is 0 Å². The molecule has 1 atom stereocenters. The fourth-order valence-corrected chi connectivity index (χ4v) is 3.43. The Kier molecular flexibility index (Phi) is 5.86. The monoisotopic (exact) mass is 366 g/mol. The standard InChI is InChI=1S/C21H26N4O2/c1-16-8-4-5-10-19(16)25-12-17(2)24(15-21(25)27)20(26)14-23(3)13-18-9-6-7-11-22-18/h4-11,17H,12-15H2,1-3H3/t17-/m0/s1. The minimum absolute atomic E-state index is 0.0290. The van der Waals surface area contributed by atoms with Crippen LogP contribution in [0.3, 0.4) is 0 Å². The Morgan fingerprint density at radius 3 is 2.67 bits per heavy atom. The lowest BCUT2D eigenvalue weighted by molar-refractivity contribution is -0.140. The van der Waals surface area contributed by atoms with Gasteiger partial charge in [0.15, 0.2) is 0 Å². The van der Waals surface area contributed by atoms with Crippen LogP contribution >= 0.6 is 0 Å². The number of carbonyl (C=O) groups is 2. The maximum atomic E-state index is 12.8. The summed E-state index contributed by atoms with van der Waals surface area (Å²) in [4.78, 5) is 35.1. The van der Waals surface area contributed by atoms with Gasteiger partial charge in [-0.05, 0) is 44.7 Å². The highest BCUT2D eigenvalue weighted by Gasteiger charge is 2.33. The number of nitrogens with zero attached hydrogens (tertiary/aromatic N) is 4. The van der Waals surface area contributed by atoms with E-state index in [0.29, 0.717) is 13.1 Å². The smallest absolute Gasteiger partial charge is 0.246 e. The average Bonchev–Trinajstić information content (AvgIpc) is 2.64. The van der Waals surface area contributed by atoms with Gasteiger partial charge in [0.25, 0.3) is 0 Å². The normalized spacial score (nSPS) is 17.5. The van der Waals surface area contributed by atoms with E-state index in [1.165, 1.54) is 0 Å². The van der Waals surface area contributed by atoms with Gasteiger partial charge in [-0.2, -0.15) is 0 Å². The van der Waals surface area contributed by atoms with E-state index >= 15 is 0 Å². The maximum absolute atomic E-state index is 12.8. The highest BCUT2D eigenvalue weighted by molar-refractivity contribution is 5.98. The molecule has 6 heteroatoms. The zero-order valence-corrected chi connectivity index (χ0v) is 16.1. The van der Waals surface area contributed by atoms with Crippen LogP contribution in [0.2, 0.25) is 0 Å². The van der Waals surface area contributed by atoms with Crippen molar-refractivity contribution in [2.24, 2.45) is 0 Å². The highest BCUT2D eigenvalue weighted by atomic mass is 16.2. The molecule has 1 aliphatic rings. The zero-order chi connectivity index (χ0) is 19.4. The fourth-order valence-electron chi connectivity index (χ4n) is 3.43. The van der Waals surface area contributed by atoms with E-state index in [9.17, 15) is 9.59 Å². The van der Waals surface area contributed by atoms with Gasteiger partial charge in [0.05, 0.1) is 12.2 Å². The first-order chi connectivity index (χ1) is 13.0. The van der Waals surface area contributed by atoms with Crippen LogP contribution < -0.4 is 4.90 Å². The Balaban J connectivity index is 1.62. The molecule has 1 aromatic heterocycles. The summed E-state index contributed by atoms with van der Waals surface area (Å²) in [5.41, 5.74) is 2.91. The molecular formula is C21H26N4O2. The first-order valence-corrected chi connectivity index (χ1v) is 9.19. The summed E-state index contributed by atoms with van der Waals surface area (Å²) >= 11 is 0. The summed E-state index contributed by atoms with van der Waals surface area (Å²) in [6.07, 6.45) is 1.75. The number of likely N-dealkylation sites (N-methyl/N-ethyl adjacent to an activating group) is 1. The Hall–Kier alpha value is -2.73. The summed E-state index contributed by atoms with van der Waals surface area (Å²) in [5, 5.41) is 0. The van der Waals surface area contributed by atoms with E-state index in [-0.39, 0.29) is 30.9 Å². The number of amides is 2. The predicted octanol–water partition coefficient (Wildman–Crippen LogP) is 2.09. The molecule has 1 fully saturated rings. The van der Waals surface area contributed by atoms with Gasteiger partial charge in [0.2, 0.25) is 11.8 Å². The van der Waals surface area contributed by atoms with Crippen LogP contribution in [-0.4, -0.2) is 59.3 Å². The molecule has 1 aromatic carbocycles. The van der Waals surface area contributed by atoms with Crippen LogP contribution in [0.15, 0.2) is 48.7 Å². The number of para-hydroxylation sites is 1. The lowest BCUT2D eigenvalue weighted by atomic mass is 10.1. The molecule has 142 valence electrons. The number of benzene rings is 1. The Morgan fingerprint density at radius 1 is 1.22 bits per heavy atom. The Bertz CT molecular complexity index is 809. The molecule has 0 saturated carbocycles. The van der Waals surface area contributed by atoms with Crippen molar-refractivity contribution in [1.29, 1.82) is 0 Å². The van der Waals surface area contributed by atoms with Gasteiger partial charge >= 0.3 is 0 Å². The van der Waals surface area contributed by atoms with Crippen LogP contribution in [0.4, 0.5) is 5.69 Å². The van der Waals surface area contributed by atoms with Crippen molar-refractivity contribution in [2.45, 2.75) is 26.4 Å². The fraction of sp³-hybridized carbons (Fsp3) is 0.381. The third kappa shape index (κ3) is 4.52. The Labute approximate surface area is 160 Å². The molecule has 2 heterocycles. The molecule has 3 rings (SSSR count). The van der Waals surface area contributed by atoms with Gasteiger partial charge in [-0.15, -0.1) is 0 Å². The predicted molar refractivity (Wildman–Crippen MR) is 105 cm³/mol. The summed E-state index contributed by atoms with van der Waals surface area (Å²) in [5.74, 6) is -0.0677. The molecular weight excluding hydrogens is 340 g/mol. The Morgan fingerprint density at radius 2 is 1.96 bits per heavy atom. The summed E-state index contributed by atoms with van der Waals surface area (Å²) < 4.78 is 0. The molecule has 6 nitrogen and oxygen atoms in total. The van der Waals surface area contributed by atoms with Gasteiger partial charge in [-0.3, -0.25) is 19.5 Å². The maximum Gasteiger partial charge on any atom is 0.246 e. The number of hydrogen-bond acceptors (Lipinski definition) is 4. The van der Waals surface area contributed by atoms with Crippen LogP contribution in [-0.2, 0) is 16.1 Å². The molecule has 0 unspecified atom stereocenters. The lowest BCUT2D eigenvalue weighted by Crippen LogP contribution is -2.58. The minimum Gasteiger partial charge on any atom is -0.328 e. The largest absolute Gasteiger partial charge is 0.328 e. The van der Waals surface area contributed by atoms with Gasteiger partial charge in [-0.25, -0.2) is 0 Å². The van der Waals surface area contributed by atoms with E-state index in [1.807, 2.05) is 68.3 Å². The van der Waals surface area contributed by atoms with Crippen molar-refractivity contribution in [1.82, 2.24) is 14.8 Å². The van der Waals surface area contributed by atoms with Crippen LogP contribution in [0.5, 0.6) is 0 Å². The van der Waals surface area contributed by atoms with Crippen LogP contribution in [0, 0.1) is 6.92 Å². The van der Waals surface area contributed by atoms with Gasteiger partial charge in [0, 0.05) is 31.0 Å². The number of aryl methyl sites for hydroxylation is 1. The molecule has 2 amide bonds. The first-order valence-electron chi connectivity index (χ1n) is 9.19. The van der Waals surface area contributed by atoms with E-state index in [1.54, 1.807) is 16.0 Å². The van der Waals surface area contributed by atoms with Crippen molar-refractivity contribution < 1.29 is 9.59 Å². The topological polar surface area (TPSA) is 56.8 Å². The highest BCUT2D eigenvalue weighted by Crippen LogP contribution is 2.23. The van der Waals surface area contributed by atoms with Crippen LogP contribution in [0.25, 0.3) is 0 Å². The minimum atomic E-state index is -0.0388. The lowest BCUT2D eigenvalue weighted by Gasteiger charge is -2.40. The van der Waals surface area contributed by atoms with E-state index in [4.69, 9.17) is 0 Å². The molecule has 27 heavy (non-hydrogen) atoms. The first kappa shape index (κ1) is 19.0. The molecule has 0 N–H and O–H groups in total. The number of piperazine rings is 1. The van der Waals surface area contributed by atoms with E-state index in [2.05, 4.69) is 4.98 Å². The van der Waals surface area contributed by atoms with Crippen molar-refractivity contribution >= 4 is 17.5 Å². The molecule has 0 spiro atoms. The van der Waals surface area contributed by atoms with Gasteiger partial charge in [-0.1, -0.05) is 24.3 Å². The number of hydrogen-bond donors (Lipinski definition) is 0. The van der Waals surface area contributed by atoms with Crippen molar-refractivity contribution in [3.8, 4) is 0 Å². The second-order valence-corrected chi connectivity index (χ2v) is 7.15. The average molecular weight is 366 g/mol. The molecule has 2 aromatic rings. The third-order valence-corrected chi connectivity index (χ3v) is 4.88. The molecule has 0 aliphatic carbocycles. The van der Waals surface area contributed by atoms with Gasteiger partial charge < -0.3 is 9.80 Å². The zero-order valence-electron chi connectivity index (χ0n) is 16.1. The number of anilines is 1. The van der Waals surface area contributed by atoms with E-state index < -0.39 is 0 Å². The molecule has 1 saturated heterocycles. The quantitative estimate of drug-likeness (QED) is 0.813.